The molecule has 1 saturated heterocycles. The minimum absolute atomic E-state index is 0.107. The van der Waals surface area contributed by atoms with Crippen LogP contribution >= 0.6 is 23.1 Å². The van der Waals surface area contributed by atoms with Crippen molar-refractivity contribution in [2.75, 3.05) is 18.1 Å². The number of ketones is 1. The van der Waals surface area contributed by atoms with Gasteiger partial charge in [-0.05, 0) is 32.8 Å². The first-order valence-electron chi connectivity index (χ1n) is 7.58. The van der Waals surface area contributed by atoms with E-state index in [1.807, 2.05) is 19.9 Å². The Kier molecular flexibility index (Phi) is 5.03. The third-order valence-corrected chi connectivity index (χ3v) is 5.92. The van der Waals surface area contributed by atoms with Crippen molar-refractivity contribution in [1.82, 2.24) is 14.8 Å². The van der Waals surface area contributed by atoms with E-state index < -0.39 is 0 Å². The minimum Gasteiger partial charge on any atom is -0.376 e. The number of carbonyl (C=O) groups is 1. The number of nitrogens with zero attached hydrogens (tertiary/aromatic N) is 3. The van der Waals surface area contributed by atoms with Crippen molar-refractivity contribution in [1.29, 1.82) is 0 Å². The molecule has 0 radical (unpaired) electrons. The normalized spacial score (nSPS) is 17.7. The number of ether oxygens (including phenoxy) is 1. The summed E-state index contributed by atoms with van der Waals surface area (Å²) in [6.07, 6.45) is 2.48. The summed E-state index contributed by atoms with van der Waals surface area (Å²) in [6.45, 7) is 5.71. The van der Waals surface area contributed by atoms with Crippen LogP contribution in [0.2, 0.25) is 0 Å². The third-order valence-electron chi connectivity index (χ3n) is 4.03. The summed E-state index contributed by atoms with van der Waals surface area (Å²) >= 11 is 2.69. The Bertz CT molecular complexity index is 704. The van der Waals surface area contributed by atoms with E-state index in [0.717, 1.165) is 47.3 Å². The lowest BCUT2D eigenvalue weighted by molar-refractivity contribution is 0.0957. The van der Waals surface area contributed by atoms with Crippen molar-refractivity contribution in [2.24, 2.45) is 0 Å². The number of carbonyl (C=O) groups excluding carboxylic acids is 1. The predicted octanol–water partition coefficient (Wildman–Crippen LogP) is 2.69. The highest BCUT2D eigenvalue weighted by atomic mass is 32.2. The number of hydrogen-bond acceptors (Lipinski definition) is 7. The molecular weight excluding hydrogens is 332 g/mol. The predicted molar refractivity (Wildman–Crippen MR) is 92.3 cm³/mol. The van der Waals surface area contributed by atoms with E-state index in [1.54, 1.807) is 0 Å². The molecule has 1 atom stereocenters. The van der Waals surface area contributed by atoms with Crippen LogP contribution in [0.25, 0.3) is 0 Å². The SMILES string of the molecule is Cc1cc(C(=O)CSc2nnc(N)s2)c(C)n1CC1CCCO1. The number of nitrogen functional groups attached to an aromatic ring is 1. The summed E-state index contributed by atoms with van der Waals surface area (Å²) in [5, 5.41) is 8.11. The van der Waals surface area contributed by atoms with Crippen molar-refractivity contribution >= 4 is 34.0 Å². The van der Waals surface area contributed by atoms with Gasteiger partial charge in [0.15, 0.2) is 10.1 Å². The first-order chi connectivity index (χ1) is 11.0. The molecule has 0 bridgehead atoms. The van der Waals surface area contributed by atoms with Crippen LogP contribution in [0.1, 0.15) is 34.6 Å². The fraction of sp³-hybridized carbons (Fsp3) is 0.533. The van der Waals surface area contributed by atoms with Crippen LogP contribution < -0.4 is 5.73 Å². The average Bonchev–Trinajstić information content (AvgIpc) is 3.23. The summed E-state index contributed by atoms with van der Waals surface area (Å²) in [4.78, 5) is 12.5. The van der Waals surface area contributed by atoms with Crippen LogP contribution in [0, 0.1) is 13.8 Å². The number of aromatic nitrogens is 3. The zero-order valence-corrected chi connectivity index (χ0v) is 14.9. The van der Waals surface area contributed by atoms with Crippen molar-refractivity contribution < 1.29 is 9.53 Å². The molecule has 6 nitrogen and oxygen atoms in total. The van der Waals surface area contributed by atoms with Gasteiger partial charge in [0.05, 0.1) is 11.9 Å². The standard InChI is InChI=1S/C15H20N4O2S2/c1-9-6-12(10(2)19(9)7-11-4-3-5-21-11)13(20)8-22-15-18-17-14(16)23-15/h6,11H,3-5,7-8H2,1-2H3,(H2,16,17). The molecule has 0 saturated carbocycles. The van der Waals surface area contributed by atoms with E-state index in [4.69, 9.17) is 10.5 Å². The Morgan fingerprint density at radius 3 is 3.00 bits per heavy atom. The topological polar surface area (TPSA) is 83.0 Å². The Labute approximate surface area is 143 Å². The Morgan fingerprint density at radius 1 is 1.52 bits per heavy atom. The largest absolute Gasteiger partial charge is 0.376 e. The lowest BCUT2D eigenvalue weighted by atomic mass is 10.2. The molecular formula is C15H20N4O2S2. The van der Waals surface area contributed by atoms with Gasteiger partial charge >= 0.3 is 0 Å². The number of Topliss-reactive ketones (excluding diaryl/α,β-unsaturated/α-hetero) is 1. The second-order valence-corrected chi connectivity index (χ2v) is 7.88. The number of nitrogens with two attached hydrogens (primary N) is 1. The fourth-order valence-electron chi connectivity index (χ4n) is 2.84. The number of rotatable bonds is 6. The van der Waals surface area contributed by atoms with Gasteiger partial charge in [-0.25, -0.2) is 0 Å². The maximum absolute atomic E-state index is 12.5. The number of aryl methyl sites for hydroxylation is 1. The Hall–Kier alpha value is -1.38. The zero-order chi connectivity index (χ0) is 16.4. The van der Waals surface area contributed by atoms with Gasteiger partial charge in [0.2, 0.25) is 5.13 Å². The molecule has 0 spiro atoms. The van der Waals surface area contributed by atoms with Crippen molar-refractivity contribution in [2.45, 2.75) is 43.7 Å². The molecule has 2 aromatic heterocycles. The molecule has 2 aromatic rings. The van der Waals surface area contributed by atoms with Crippen LogP contribution in [0.15, 0.2) is 10.4 Å². The molecule has 3 heterocycles. The van der Waals surface area contributed by atoms with Gasteiger partial charge in [-0.15, -0.1) is 10.2 Å². The van der Waals surface area contributed by atoms with Crippen LogP contribution in [0.3, 0.4) is 0 Å². The van der Waals surface area contributed by atoms with Gasteiger partial charge in [-0.1, -0.05) is 23.1 Å². The quantitative estimate of drug-likeness (QED) is 0.636. The highest BCUT2D eigenvalue weighted by molar-refractivity contribution is 8.01. The van der Waals surface area contributed by atoms with Crippen LogP contribution in [0.5, 0.6) is 0 Å². The van der Waals surface area contributed by atoms with Gasteiger partial charge < -0.3 is 15.0 Å². The van der Waals surface area contributed by atoms with Crippen LogP contribution in [-0.4, -0.2) is 39.0 Å². The second kappa shape index (κ2) is 7.02. The van der Waals surface area contributed by atoms with Gasteiger partial charge in [-0.3, -0.25) is 4.79 Å². The van der Waals surface area contributed by atoms with Crippen LogP contribution in [0.4, 0.5) is 5.13 Å². The Balaban J connectivity index is 1.68. The number of anilines is 1. The van der Waals surface area contributed by atoms with Gasteiger partial charge in [0.25, 0.3) is 0 Å². The van der Waals surface area contributed by atoms with Crippen molar-refractivity contribution in [3.63, 3.8) is 0 Å². The monoisotopic (exact) mass is 352 g/mol. The minimum atomic E-state index is 0.107. The number of hydrogen-bond donors (Lipinski definition) is 1. The van der Waals surface area contributed by atoms with Gasteiger partial charge in [0.1, 0.15) is 0 Å². The lowest BCUT2D eigenvalue weighted by Crippen LogP contribution is -2.17. The molecule has 1 aliphatic rings. The third kappa shape index (κ3) is 3.76. The van der Waals surface area contributed by atoms with Crippen molar-refractivity contribution in [3.05, 3.63) is 23.0 Å². The number of thioether (sulfide) groups is 1. The molecule has 1 fully saturated rings. The van der Waals surface area contributed by atoms with E-state index in [2.05, 4.69) is 14.8 Å². The second-order valence-electron chi connectivity index (χ2n) is 5.65. The highest BCUT2D eigenvalue weighted by Crippen LogP contribution is 2.26. The molecule has 8 heteroatoms. The highest BCUT2D eigenvalue weighted by Gasteiger charge is 2.21. The first-order valence-corrected chi connectivity index (χ1v) is 9.38. The smallest absolute Gasteiger partial charge is 0.203 e. The molecule has 23 heavy (non-hydrogen) atoms. The summed E-state index contributed by atoms with van der Waals surface area (Å²) < 4.78 is 8.63. The molecule has 1 unspecified atom stereocenters. The summed E-state index contributed by atoms with van der Waals surface area (Å²) in [7, 11) is 0. The maximum Gasteiger partial charge on any atom is 0.203 e. The molecule has 1 aliphatic heterocycles. The fourth-order valence-corrected chi connectivity index (χ4v) is 4.36. The zero-order valence-electron chi connectivity index (χ0n) is 13.2. The van der Waals surface area contributed by atoms with E-state index in [-0.39, 0.29) is 11.9 Å². The molecule has 0 amide bonds. The average molecular weight is 352 g/mol. The molecule has 2 N–H and O–H groups in total. The van der Waals surface area contributed by atoms with E-state index in [1.165, 1.54) is 23.1 Å². The maximum atomic E-state index is 12.5. The first kappa shape index (κ1) is 16.5. The summed E-state index contributed by atoms with van der Waals surface area (Å²) in [6, 6.07) is 1.97. The summed E-state index contributed by atoms with van der Waals surface area (Å²) in [5.41, 5.74) is 8.45. The molecule has 3 rings (SSSR count). The lowest BCUT2D eigenvalue weighted by Gasteiger charge is -2.14. The van der Waals surface area contributed by atoms with Crippen molar-refractivity contribution in [3.8, 4) is 0 Å². The molecule has 124 valence electrons. The van der Waals surface area contributed by atoms with E-state index in [0.29, 0.717) is 10.9 Å². The van der Waals surface area contributed by atoms with Gasteiger partial charge in [-0.2, -0.15) is 0 Å². The summed E-state index contributed by atoms with van der Waals surface area (Å²) in [5.74, 6) is 0.453. The molecule has 0 aliphatic carbocycles. The molecule has 0 aromatic carbocycles. The van der Waals surface area contributed by atoms with E-state index in [9.17, 15) is 4.79 Å². The van der Waals surface area contributed by atoms with Gasteiger partial charge in [0, 0.05) is 30.1 Å². The van der Waals surface area contributed by atoms with Crippen LogP contribution in [-0.2, 0) is 11.3 Å². The Morgan fingerprint density at radius 2 is 2.35 bits per heavy atom. The van der Waals surface area contributed by atoms with E-state index >= 15 is 0 Å².